The molecular formula is C33H41NO5S. The second kappa shape index (κ2) is 16.7. The second-order valence-electron chi connectivity index (χ2n) is 9.68. The van der Waals surface area contributed by atoms with Gasteiger partial charge < -0.3 is 19.5 Å². The summed E-state index contributed by atoms with van der Waals surface area (Å²) in [5.41, 5.74) is 5.36. The van der Waals surface area contributed by atoms with E-state index < -0.39 is 12.0 Å². The van der Waals surface area contributed by atoms with Gasteiger partial charge in [0.15, 0.2) is 0 Å². The Balaban J connectivity index is 1.80. The maximum Gasteiger partial charge on any atom is 0.328 e. The number of carbonyl (C=O) groups excluding carboxylic acids is 2. The van der Waals surface area contributed by atoms with Gasteiger partial charge >= 0.3 is 5.97 Å². The monoisotopic (exact) mass is 563 g/mol. The number of nitrogens with one attached hydrogen (secondary N) is 1. The summed E-state index contributed by atoms with van der Waals surface area (Å²) in [6, 6.07) is 13.0. The average Bonchev–Trinajstić information content (AvgIpc) is 3.19. The summed E-state index contributed by atoms with van der Waals surface area (Å²) in [5.74, 6) is 0.835. The van der Waals surface area contributed by atoms with E-state index in [1.54, 1.807) is 11.8 Å². The molecular weight excluding hydrogens is 522 g/mol. The normalized spacial score (nSPS) is 13.6. The molecule has 0 spiro atoms. The van der Waals surface area contributed by atoms with Gasteiger partial charge in [0.05, 0.1) is 26.9 Å². The van der Waals surface area contributed by atoms with Crippen molar-refractivity contribution in [3.8, 4) is 5.75 Å². The van der Waals surface area contributed by atoms with Crippen LogP contribution in [0.3, 0.4) is 0 Å². The third-order valence-electron chi connectivity index (χ3n) is 6.61. The van der Waals surface area contributed by atoms with Gasteiger partial charge in [-0.05, 0) is 90.3 Å². The van der Waals surface area contributed by atoms with Crippen LogP contribution in [0, 0.1) is 0 Å². The fourth-order valence-electron chi connectivity index (χ4n) is 4.34. The smallest absolute Gasteiger partial charge is 0.328 e. The van der Waals surface area contributed by atoms with Crippen molar-refractivity contribution in [3.05, 3.63) is 94.6 Å². The Morgan fingerprint density at radius 3 is 2.65 bits per heavy atom. The van der Waals surface area contributed by atoms with E-state index in [4.69, 9.17) is 14.2 Å². The number of ether oxygens (including phenoxy) is 3. The maximum absolute atomic E-state index is 13.5. The molecule has 0 bridgehead atoms. The van der Waals surface area contributed by atoms with E-state index in [0.29, 0.717) is 31.8 Å². The lowest BCUT2D eigenvalue weighted by molar-refractivity contribution is -0.142. The number of methoxy groups -OCH3 is 1. The van der Waals surface area contributed by atoms with Crippen LogP contribution in [0.5, 0.6) is 5.75 Å². The van der Waals surface area contributed by atoms with Crippen LogP contribution in [-0.2, 0) is 27.5 Å². The average molecular weight is 564 g/mol. The van der Waals surface area contributed by atoms with Gasteiger partial charge in [0.1, 0.15) is 11.8 Å². The minimum atomic E-state index is -0.706. The van der Waals surface area contributed by atoms with Crippen LogP contribution in [0.1, 0.15) is 66.6 Å². The minimum Gasteiger partial charge on any atom is -0.494 e. The van der Waals surface area contributed by atoms with Gasteiger partial charge in [0.25, 0.3) is 5.91 Å². The Kier molecular flexibility index (Phi) is 13.1. The predicted octanol–water partition coefficient (Wildman–Crippen LogP) is 6.90. The molecule has 3 rings (SSSR count). The van der Waals surface area contributed by atoms with Gasteiger partial charge in [-0.25, -0.2) is 4.79 Å². The largest absolute Gasteiger partial charge is 0.494 e. The van der Waals surface area contributed by atoms with E-state index in [2.05, 4.69) is 31.3 Å². The van der Waals surface area contributed by atoms with Crippen molar-refractivity contribution < 1.29 is 23.8 Å². The van der Waals surface area contributed by atoms with Gasteiger partial charge in [0, 0.05) is 5.56 Å². The molecule has 40 heavy (non-hydrogen) atoms. The van der Waals surface area contributed by atoms with Crippen molar-refractivity contribution in [1.29, 1.82) is 0 Å². The van der Waals surface area contributed by atoms with Crippen LogP contribution in [-0.4, -0.2) is 43.6 Å². The Bertz CT molecular complexity index is 1230. The summed E-state index contributed by atoms with van der Waals surface area (Å²) >= 11 is 1.62. The summed E-state index contributed by atoms with van der Waals surface area (Å²) in [7, 11) is 1.34. The van der Waals surface area contributed by atoms with Crippen LogP contribution in [0.15, 0.2) is 72.3 Å². The molecule has 1 amide bonds. The highest BCUT2D eigenvalue weighted by Gasteiger charge is 2.24. The Hall–Kier alpha value is -3.29. The molecule has 7 heteroatoms. The summed E-state index contributed by atoms with van der Waals surface area (Å²) in [5, 5.41) is 2.90. The van der Waals surface area contributed by atoms with Crippen LogP contribution >= 0.6 is 11.8 Å². The van der Waals surface area contributed by atoms with Gasteiger partial charge in [-0.15, -0.1) is 0 Å². The van der Waals surface area contributed by atoms with Crippen molar-refractivity contribution in [1.82, 2.24) is 5.32 Å². The Morgan fingerprint density at radius 2 is 1.90 bits per heavy atom. The van der Waals surface area contributed by atoms with E-state index in [9.17, 15) is 9.59 Å². The Labute approximate surface area is 242 Å². The second-order valence-corrected chi connectivity index (χ2v) is 10.7. The highest BCUT2D eigenvalue weighted by Crippen LogP contribution is 2.30. The first kappa shape index (κ1) is 31.2. The predicted molar refractivity (Wildman–Crippen MR) is 164 cm³/mol. The van der Waals surface area contributed by atoms with Crippen LogP contribution in [0.2, 0.25) is 0 Å². The van der Waals surface area contributed by atoms with Crippen molar-refractivity contribution in [3.63, 3.8) is 0 Å². The fourth-order valence-corrected chi connectivity index (χ4v) is 4.81. The molecule has 1 atom stereocenters. The highest BCUT2D eigenvalue weighted by atomic mass is 32.2. The van der Waals surface area contributed by atoms with E-state index >= 15 is 0 Å². The molecule has 0 radical (unpaired) electrons. The van der Waals surface area contributed by atoms with Crippen LogP contribution < -0.4 is 10.1 Å². The number of allylic oxidation sites excluding steroid dienone is 6. The lowest BCUT2D eigenvalue weighted by Gasteiger charge is -2.19. The van der Waals surface area contributed by atoms with E-state index in [1.807, 2.05) is 60.9 Å². The number of hydrogen-bond donors (Lipinski definition) is 1. The number of carbonyl (C=O) groups is 2. The van der Waals surface area contributed by atoms with E-state index in [1.165, 1.54) is 7.11 Å². The summed E-state index contributed by atoms with van der Waals surface area (Å²) in [6.45, 7) is 5.74. The topological polar surface area (TPSA) is 73.9 Å². The van der Waals surface area contributed by atoms with E-state index in [0.717, 1.165) is 58.6 Å². The van der Waals surface area contributed by atoms with Crippen molar-refractivity contribution in [2.45, 2.75) is 58.8 Å². The fraction of sp³-hybridized carbons (Fsp3) is 0.394. The summed E-state index contributed by atoms with van der Waals surface area (Å²) in [6.07, 6.45) is 13.7. The zero-order chi connectivity index (χ0) is 28.7. The molecule has 0 aliphatic heterocycles. The van der Waals surface area contributed by atoms with Gasteiger partial charge in [-0.1, -0.05) is 55.8 Å². The third kappa shape index (κ3) is 9.42. The first-order chi connectivity index (χ1) is 19.5. The number of unbranched alkanes of at least 4 members (excludes halogenated alkanes) is 1. The summed E-state index contributed by atoms with van der Waals surface area (Å²) in [4.78, 5) is 25.8. The molecule has 0 heterocycles. The molecule has 0 aromatic heterocycles. The lowest BCUT2D eigenvalue weighted by Crippen LogP contribution is -2.42. The third-order valence-corrected chi connectivity index (χ3v) is 7.25. The number of esters is 1. The first-order valence-electron chi connectivity index (χ1n) is 13.8. The number of rotatable bonds is 15. The van der Waals surface area contributed by atoms with Gasteiger partial charge in [-0.2, -0.15) is 11.8 Å². The molecule has 0 saturated carbocycles. The van der Waals surface area contributed by atoms with Crippen molar-refractivity contribution >= 4 is 29.2 Å². The molecule has 1 unspecified atom stereocenters. The molecule has 1 aliphatic rings. The quantitative estimate of drug-likeness (QED) is 0.188. The number of hydrogen-bond acceptors (Lipinski definition) is 6. The molecule has 2 aromatic carbocycles. The Morgan fingerprint density at radius 1 is 1.10 bits per heavy atom. The summed E-state index contributed by atoms with van der Waals surface area (Å²) < 4.78 is 16.8. The highest BCUT2D eigenvalue weighted by molar-refractivity contribution is 7.98. The van der Waals surface area contributed by atoms with Gasteiger partial charge in [-0.3, -0.25) is 4.79 Å². The molecule has 0 saturated heterocycles. The maximum atomic E-state index is 13.5. The molecule has 1 N–H and O–H groups in total. The van der Waals surface area contributed by atoms with E-state index in [-0.39, 0.29) is 5.91 Å². The minimum absolute atomic E-state index is 0.305. The number of benzene rings is 2. The molecule has 1 aliphatic carbocycles. The zero-order valence-electron chi connectivity index (χ0n) is 24.0. The van der Waals surface area contributed by atoms with Crippen LogP contribution in [0.4, 0.5) is 0 Å². The van der Waals surface area contributed by atoms with Crippen molar-refractivity contribution in [2.24, 2.45) is 0 Å². The molecule has 2 aromatic rings. The van der Waals surface area contributed by atoms with Crippen LogP contribution in [0.25, 0.3) is 5.57 Å². The lowest BCUT2D eigenvalue weighted by atomic mass is 9.92. The standard InChI is InChI=1S/C33H41NO5S/c1-5-6-18-39-27-13-10-12-25(20-27)22-38-23-26-15-16-29(30(21-26)28-14-9-7-8-11-24(28)2)32(35)34-31(17-19-40-4)33(36)37-3/h7,9-16,20-21,31H,5-6,8,17-19,22-23H2,1-4H3,(H,34,35). The van der Waals surface area contributed by atoms with Gasteiger partial charge in [0.2, 0.25) is 0 Å². The number of amides is 1. The number of thioether (sulfide) groups is 1. The molecule has 214 valence electrons. The SMILES string of the molecule is CCCCOc1cccc(COCc2ccc(C(=O)NC(CCSC)C(=O)OC)c(C3=CC=CCC=C3C)c2)c1. The molecule has 6 nitrogen and oxygen atoms in total. The first-order valence-corrected chi connectivity index (χ1v) is 15.2. The molecule has 0 fully saturated rings. The van der Waals surface area contributed by atoms with Crippen molar-refractivity contribution in [2.75, 3.05) is 25.7 Å². The zero-order valence-corrected chi connectivity index (χ0v) is 24.9.